The van der Waals surface area contributed by atoms with Gasteiger partial charge in [-0.25, -0.2) is 4.79 Å². The average Bonchev–Trinajstić information content (AvgIpc) is 2.65. The smallest absolute Gasteiger partial charge is 0.335 e. The molecule has 5 heteroatoms. The molecule has 1 N–H and O–H groups in total. The number of carbonyl (C=O) groups is 1. The minimum Gasteiger partial charge on any atom is -0.478 e. The van der Waals surface area contributed by atoms with Gasteiger partial charge in [0.25, 0.3) is 0 Å². The summed E-state index contributed by atoms with van der Waals surface area (Å²) in [4.78, 5) is 11.1. The van der Waals surface area contributed by atoms with Gasteiger partial charge in [-0.3, -0.25) is 4.68 Å². The zero-order valence-corrected chi connectivity index (χ0v) is 11.8. The molecule has 0 bridgehead atoms. The quantitative estimate of drug-likeness (QED) is 0.934. The highest BCUT2D eigenvalue weighted by molar-refractivity contribution is 6.33. The highest BCUT2D eigenvalue weighted by atomic mass is 35.5. The van der Waals surface area contributed by atoms with E-state index < -0.39 is 5.97 Å². The maximum absolute atomic E-state index is 11.1. The largest absolute Gasteiger partial charge is 0.478 e. The molecule has 0 aliphatic rings. The van der Waals surface area contributed by atoms with E-state index in [-0.39, 0.29) is 5.56 Å². The average molecular weight is 279 g/mol. The van der Waals surface area contributed by atoms with Crippen LogP contribution in [0.2, 0.25) is 5.02 Å². The third kappa shape index (κ3) is 2.36. The number of carboxylic acid groups (broad SMARTS) is 1. The fourth-order valence-corrected chi connectivity index (χ4v) is 2.46. The van der Waals surface area contributed by atoms with Crippen molar-refractivity contribution in [1.29, 1.82) is 0 Å². The molecule has 0 unspecified atom stereocenters. The van der Waals surface area contributed by atoms with Crippen LogP contribution in [-0.2, 0) is 6.54 Å². The number of rotatable bonds is 3. The number of hydrogen-bond donors (Lipinski definition) is 1. The normalized spacial score (nSPS) is 10.7. The van der Waals surface area contributed by atoms with Crippen molar-refractivity contribution >= 4 is 17.6 Å². The fraction of sp³-hybridized carbons (Fsp3) is 0.286. The van der Waals surface area contributed by atoms with Gasteiger partial charge in [-0.15, -0.1) is 0 Å². The lowest BCUT2D eigenvalue weighted by Crippen LogP contribution is -1.99. The number of aromatic nitrogens is 2. The van der Waals surface area contributed by atoms with E-state index in [9.17, 15) is 4.79 Å². The van der Waals surface area contributed by atoms with E-state index in [1.807, 2.05) is 25.5 Å². The van der Waals surface area contributed by atoms with Gasteiger partial charge in [-0.1, -0.05) is 11.6 Å². The van der Waals surface area contributed by atoms with Crippen LogP contribution in [-0.4, -0.2) is 20.9 Å². The molecule has 19 heavy (non-hydrogen) atoms. The summed E-state index contributed by atoms with van der Waals surface area (Å²) >= 11 is 6.20. The molecule has 1 aromatic heterocycles. The molecule has 1 heterocycles. The second-order valence-electron chi connectivity index (χ2n) is 4.36. The minimum atomic E-state index is -0.962. The molecule has 100 valence electrons. The van der Waals surface area contributed by atoms with Crippen LogP contribution in [0.3, 0.4) is 0 Å². The molecular formula is C14H15ClN2O2. The number of hydrogen-bond acceptors (Lipinski definition) is 2. The molecule has 0 fully saturated rings. The number of benzene rings is 1. The van der Waals surface area contributed by atoms with Crippen molar-refractivity contribution in [3.05, 3.63) is 40.2 Å². The van der Waals surface area contributed by atoms with Gasteiger partial charge in [-0.2, -0.15) is 5.10 Å². The molecule has 0 saturated heterocycles. The van der Waals surface area contributed by atoms with Gasteiger partial charge in [0.15, 0.2) is 0 Å². The van der Waals surface area contributed by atoms with Crippen LogP contribution in [0, 0.1) is 13.8 Å². The van der Waals surface area contributed by atoms with Gasteiger partial charge in [0.05, 0.1) is 11.3 Å². The van der Waals surface area contributed by atoms with Crippen LogP contribution < -0.4 is 0 Å². The third-order valence-corrected chi connectivity index (χ3v) is 3.49. The van der Waals surface area contributed by atoms with Crippen LogP contribution >= 0.6 is 11.6 Å². The number of carboxylic acids is 1. The highest BCUT2D eigenvalue weighted by Crippen LogP contribution is 2.33. The van der Waals surface area contributed by atoms with Crippen LogP contribution in [0.5, 0.6) is 0 Å². The Hall–Kier alpha value is -1.81. The second-order valence-corrected chi connectivity index (χ2v) is 4.77. The van der Waals surface area contributed by atoms with Gasteiger partial charge in [0, 0.05) is 28.4 Å². The van der Waals surface area contributed by atoms with Gasteiger partial charge >= 0.3 is 5.97 Å². The van der Waals surface area contributed by atoms with E-state index in [0.29, 0.717) is 5.02 Å². The van der Waals surface area contributed by atoms with Crippen LogP contribution in [0.15, 0.2) is 18.2 Å². The molecule has 1 aromatic carbocycles. The zero-order chi connectivity index (χ0) is 14.2. The first-order valence-electron chi connectivity index (χ1n) is 6.03. The molecule has 0 amide bonds. The predicted molar refractivity (Wildman–Crippen MR) is 74.8 cm³/mol. The van der Waals surface area contributed by atoms with Crippen LogP contribution in [0.4, 0.5) is 0 Å². The van der Waals surface area contributed by atoms with Crippen molar-refractivity contribution in [1.82, 2.24) is 9.78 Å². The van der Waals surface area contributed by atoms with Gasteiger partial charge in [-0.05, 0) is 39.0 Å². The Balaban J connectivity index is 2.68. The topological polar surface area (TPSA) is 55.1 Å². The van der Waals surface area contributed by atoms with Crippen molar-refractivity contribution in [2.45, 2.75) is 27.3 Å². The standard InChI is InChI=1S/C14H15ClN2O2/c1-4-17-9(3)13(8(2)16-17)11-7-10(14(18)19)5-6-12(11)15/h5-7H,4H2,1-3H3,(H,18,19). The first kappa shape index (κ1) is 13.6. The number of halogens is 1. The van der Waals surface area contributed by atoms with E-state index in [2.05, 4.69) is 5.10 Å². The molecule has 0 spiro atoms. The second kappa shape index (κ2) is 5.05. The Labute approximate surface area is 116 Å². The van der Waals surface area contributed by atoms with E-state index in [1.54, 1.807) is 12.1 Å². The number of nitrogens with zero attached hydrogens (tertiary/aromatic N) is 2. The monoisotopic (exact) mass is 278 g/mol. The van der Waals surface area contributed by atoms with Crippen molar-refractivity contribution in [3.8, 4) is 11.1 Å². The van der Waals surface area contributed by atoms with Crippen molar-refractivity contribution in [3.63, 3.8) is 0 Å². The lowest BCUT2D eigenvalue weighted by molar-refractivity contribution is 0.0697. The summed E-state index contributed by atoms with van der Waals surface area (Å²) in [5.74, 6) is -0.962. The third-order valence-electron chi connectivity index (χ3n) is 3.16. The Bertz CT molecular complexity index is 647. The molecule has 0 aliphatic carbocycles. The number of aromatic carboxylic acids is 1. The first-order valence-corrected chi connectivity index (χ1v) is 6.40. The summed E-state index contributed by atoms with van der Waals surface area (Å²) in [5.41, 5.74) is 3.70. The van der Waals surface area contributed by atoms with Gasteiger partial charge in [0.2, 0.25) is 0 Å². The number of aryl methyl sites for hydroxylation is 2. The summed E-state index contributed by atoms with van der Waals surface area (Å²) in [6.07, 6.45) is 0. The molecule has 0 atom stereocenters. The molecule has 2 aromatic rings. The van der Waals surface area contributed by atoms with Gasteiger partial charge < -0.3 is 5.11 Å². The maximum Gasteiger partial charge on any atom is 0.335 e. The van der Waals surface area contributed by atoms with E-state index >= 15 is 0 Å². The van der Waals surface area contributed by atoms with Gasteiger partial charge in [0.1, 0.15) is 0 Å². The van der Waals surface area contributed by atoms with Crippen molar-refractivity contribution < 1.29 is 9.90 Å². The lowest BCUT2D eigenvalue weighted by Gasteiger charge is -2.07. The van der Waals surface area contributed by atoms with E-state index in [1.165, 1.54) is 6.07 Å². The Morgan fingerprint density at radius 1 is 1.42 bits per heavy atom. The summed E-state index contributed by atoms with van der Waals surface area (Å²) in [6, 6.07) is 4.72. The summed E-state index contributed by atoms with van der Waals surface area (Å²) < 4.78 is 1.88. The Morgan fingerprint density at radius 3 is 2.63 bits per heavy atom. The zero-order valence-electron chi connectivity index (χ0n) is 11.1. The molecule has 0 radical (unpaired) electrons. The maximum atomic E-state index is 11.1. The van der Waals surface area contributed by atoms with Crippen molar-refractivity contribution in [2.75, 3.05) is 0 Å². The molecule has 4 nitrogen and oxygen atoms in total. The highest BCUT2D eigenvalue weighted by Gasteiger charge is 2.17. The van der Waals surface area contributed by atoms with Crippen molar-refractivity contribution in [2.24, 2.45) is 0 Å². The molecule has 2 rings (SSSR count). The lowest BCUT2D eigenvalue weighted by atomic mass is 10.0. The SMILES string of the molecule is CCn1nc(C)c(-c2cc(C(=O)O)ccc2Cl)c1C. The Morgan fingerprint density at radius 2 is 2.11 bits per heavy atom. The molecule has 0 aliphatic heterocycles. The summed E-state index contributed by atoms with van der Waals surface area (Å²) in [6.45, 7) is 6.64. The molecular weight excluding hydrogens is 264 g/mol. The minimum absolute atomic E-state index is 0.224. The summed E-state index contributed by atoms with van der Waals surface area (Å²) in [5, 5.41) is 14.0. The fourth-order valence-electron chi connectivity index (χ4n) is 2.24. The summed E-state index contributed by atoms with van der Waals surface area (Å²) in [7, 11) is 0. The van der Waals surface area contributed by atoms with Crippen LogP contribution in [0.1, 0.15) is 28.7 Å². The first-order chi connectivity index (χ1) is 8.95. The van der Waals surface area contributed by atoms with Crippen LogP contribution in [0.25, 0.3) is 11.1 Å². The van der Waals surface area contributed by atoms with E-state index in [0.717, 1.165) is 29.1 Å². The van der Waals surface area contributed by atoms with E-state index in [4.69, 9.17) is 16.7 Å². The Kier molecular flexibility index (Phi) is 3.62. The molecule has 0 saturated carbocycles. The predicted octanol–water partition coefficient (Wildman–Crippen LogP) is 3.54.